The van der Waals surface area contributed by atoms with E-state index >= 15 is 0 Å². The van der Waals surface area contributed by atoms with Gasteiger partial charge in [-0.1, -0.05) is 0 Å². The van der Waals surface area contributed by atoms with Crippen LogP contribution in [-0.4, -0.2) is 69.3 Å². The summed E-state index contributed by atoms with van der Waals surface area (Å²) in [6, 6.07) is 1.60. The van der Waals surface area contributed by atoms with Gasteiger partial charge in [-0.25, -0.2) is 9.78 Å². The second-order valence-corrected chi connectivity index (χ2v) is 11.3. The molecular formula is C26H33N5O5. The third kappa shape index (κ3) is 4.01. The number of aliphatic hydroxyl groups is 1. The summed E-state index contributed by atoms with van der Waals surface area (Å²) in [5.74, 6) is 0.470. The van der Waals surface area contributed by atoms with E-state index in [1.165, 1.54) is 15.7 Å². The number of hydrogen-bond donors (Lipinski definition) is 3. The Kier molecular flexibility index (Phi) is 5.47. The monoisotopic (exact) mass is 495 g/mol. The van der Waals surface area contributed by atoms with E-state index in [2.05, 4.69) is 10.3 Å². The topological polar surface area (TPSA) is 140 Å². The molecule has 0 radical (unpaired) electrons. The highest BCUT2D eigenvalue weighted by atomic mass is 16.5. The number of ether oxygens (including phenoxy) is 1. The number of fused-ring (bicyclic) bond motifs is 1. The van der Waals surface area contributed by atoms with Gasteiger partial charge in [-0.05, 0) is 68.8 Å². The molecule has 2 heterocycles. The first-order valence-electron chi connectivity index (χ1n) is 12.9. The van der Waals surface area contributed by atoms with Crippen LogP contribution in [0.25, 0.3) is 11.0 Å². The number of primary amides is 1. The van der Waals surface area contributed by atoms with Crippen LogP contribution in [0.4, 0.5) is 10.5 Å². The average molecular weight is 496 g/mol. The number of carbonyl (C=O) groups excluding carboxylic acids is 3. The molecule has 7 rings (SSSR count). The number of anilines is 1. The Morgan fingerprint density at radius 3 is 2.61 bits per heavy atom. The van der Waals surface area contributed by atoms with Gasteiger partial charge in [-0.2, -0.15) is 0 Å². The molecule has 10 nitrogen and oxygen atoms in total. The van der Waals surface area contributed by atoms with Crippen LogP contribution in [0.15, 0.2) is 18.5 Å². The van der Waals surface area contributed by atoms with E-state index in [4.69, 9.17) is 10.5 Å². The Bertz CT molecular complexity index is 1220. The molecule has 5 fully saturated rings. The van der Waals surface area contributed by atoms with Crippen molar-refractivity contribution in [3.63, 3.8) is 0 Å². The number of esters is 1. The van der Waals surface area contributed by atoms with Gasteiger partial charge in [-0.15, -0.1) is 0 Å². The molecule has 0 spiro atoms. The SMILES string of the molecule is CN(CCOC(=O)C1CC1)C(=O)n1ccc2c(NC3C4CC5C[C@H]3CC(O)(C5)C4)c(C(N)=O)cnc21. The number of amides is 2. The Morgan fingerprint density at radius 2 is 1.97 bits per heavy atom. The fourth-order valence-electron chi connectivity index (χ4n) is 6.97. The van der Waals surface area contributed by atoms with E-state index in [1.54, 1.807) is 19.3 Å². The number of carbonyl (C=O) groups is 3. The maximum Gasteiger partial charge on any atom is 0.329 e. The number of nitrogens with zero attached hydrogens (tertiary/aromatic N) is 3. The van der Waals surface area contributed by atoms with Crippen molar-refractivity contribution in [1.29, 1.82) is 0 Å². The van der Waals surface area contributed by atoms with Crippen LogP contribution >= 0.6 is 0 Å². The summed E-state index contributed by atoms with van der Waals surface area (Å²) in [4.78, 5) is 43.1. The number of hydrogen-bond acceptors (Lipinski definition) is 7. The van der Waals surface area contributed by atoms with Crippen molar-refractivity contribution in [3.8, 4) is 0 Å². The Balaban J connectivity index is 1.24. The number of likely N-dealkylation sites (N-methyl/N-ethyl adjacent to an activating group) is 1. The molecule has 0 aromatic carbocycles. The molecule has 5 saturated carbocycles. The zero-order valence-electron chi connectivity index (χ0n) is 20.5. The van der Waals surface area contributed by atoms with Crippen molar-refractivity contribution in [3.05, 3.63) is 24.0 Å². The van der Waals surface area contributed by atoms with Gasteiger partial charge in [0.15, 0.2) is 0 Å². The predicted molar refractivity (Wildman–Crippen MR) is 131 cm³/mol. The zero-order valence-corrected chi connectivity index (χ0v) is 20.5. The third-order valence-corrected chi connectivity index (χ3v) is 8.65. The van der Waals surface area contributed by atoms with Gasteiger partial charge >= 0.3 is 12.0 Å². The highest BCUT2D eigenvalue weighted by Crippen LogP contribution is 2.56. The van der Waals surface area contributed by atoms with E-state index in [1.807, 2.05) is 0 Å². The van der Waals surface area contributed by atoms with Gasteiger partial charge in [0.1, 0.15) is 12.3 Å². The van der Waals surface area contributed by atoms with Crippen LogP contribution < -0.4 is 11.1 Å². The van der Waals surface area contributed by atoms with E-state index in [9.17, 15) is 19.5 Å². The molecule has 5 aliphatic carbocycles. The van der Waals surface area contributed by atoms with Crippen molar-refractivity contribution in [2.45, 2.75) is 56.6 Å². The highest BCUT2D eigenvalue weighted by molar-refractivity contribution is 6.07. The number of aromatic nitrogens is 2. The first-order valence-corrected chi connectivity index (χ1v) is 12.9. The normalized spacial score (nSPS) is 30.4. The molecule has 2 amide bonds. The van der Waals surface area contributed by atoms with E-state index in [-0.39, 0.29) is 37.1 Å². The van der Waals surface area contributed by atoms with Crippen molar-refractivity contribution in [1.82, 2.24) is 14.5 Å². The molecule has 5 aliphatic rings. The fourth-order valence-corrected chi connectivity index (χ4v) is 6.97. The minimum atomic E-state index is -0.581. The van der Waals surface area contributed by atoms with Gasteiger partial charge < -0.3 is 25.8 Å². The van der Waals surface area contributed by atoms with Gasteiger partial charge in [0.2, 0.25) is 0 Å². The quantitative estimate of drug-likeness (QED) is 0.501. The summed E-state index contributed by atoms with van der Waals surface area (Å²) < 4.78 is 6.69. The molecule has 4 N–H and O–H groups in total. The lowest BCUT2D eigenvalue weighted by Crippen LogP contribution is -2.59. The van der Waals surface area contributed by atoms with Gasteiger partial charge in [0.25, 0.3) is 5.91 Å². The largest absolute Gasteiger partial charge is 0.464 e. The number of rotatable bonds is 7. The zero-order chi connectivity index (χ0) is 25.2. The second-order valence-electron chi connectivity index (χ2n) is 11.3. The van der Waals surface area contributed by atoms with Gasteiger partial charge in [0, 0.05) is 30.9 Å². The molecule has 10 heteroatoms. The van der Waals surface area contributed by atoms with Crippen molar-refractivity contribution in [2.75, 3.05) is 25.5 Å². The average Bonchev–Trinajstić information content (AvgIpc) is 3.58. The maximum atomic E-state index is 13.2. The molecule has 0 aliphatic heterocycles. The van der Waals surface area contributed by atoms with E-state index in [0.717, 1.165) is 44.9 Å². The standard InChI is InChI=1S/C26H33N5O5/c1-30(6-7-36-24(33)15-2-3-15)25(34)31-5-4-18-21(19(22(27)32)13-28-23(18)31)29-20-16-8-14-9-17(20)12-26(35,10-14)11-16/h4-5,13-17,20,35H,2-3,6-12H2,1H3,(H2,27,32)(H,28,29)/t14?,16-,17?,20?,26?/m0/s1. The van der Waals surface area contributed by atoms with Crippen LogP contribution in [0.5, 0.6) is 0 Å². The van der Waals surface area contributed by atoms with Crippen LogP contribution in [0, 0.1) is 23.7 Å². The molecule has 5 atom stereocenters. The summed E-state index contributed by atoms with van der Waals surface area (Å²) in [5, 5.41) is 15.2. The Labute approximate surface area is 209 Å². The molecule has 4 unspecified atom stereocenters. The third-order valence-electron chi connectivity index (χ3n) is 8.65. The predicted octanol–water partition coefficient (Wildman–Crippen LogP) is 2.34. The van der Waals surface area contributed by atoms with Crippen molar-refractivity contribution >= 4 is 34.6 Å². The van der Waals surface area contributed by atoms with E-state index in [0.29, 0.717) is 40.0 Å². The molecule has 2 aromatic rings. The van der Waals surface area contributed by atoms with Crippen molar-refractivity contribution < 1.29 is 24.2 Å². The minimum Gasteiger partial charge on any atom is -0.464 e. The minimum absolute atomic E-state index is 0.0198. The Morgan fingerprint density at radius 1 is 1.25 bits per heavy atom. The molecule has 2 aromatic heterocycles. The molecule has 4 bridgehead atoms. The molecule has 36 heavy (non-hydrogen) atoms. The van der Waals surface area contributed by atoms with Gasteiger partial charge in [0.05, 0.1) is 29.3 Å². The highest BCUT2D eigenvalue weighted by Gasteiger charge is 2.54. The fraction of sp³-hybridized carbons (Fsp3) is 0.615. The smallest absolute Gasteiger partial charge is 0.329 e. The summed E-state index contributed by atoms with van der Waals surface area (Å²) in [6.45, 7) is 0.400. The summed E-state index contributed by atoms with van der Waals surface area (Å²) in [7, 11) is 1.65. The lowest BCUT2D eigenvalue weighted by atomic mass is 9.52. The van der Waals surface area contributed by atoms with Gasteiger partial charge in [-0.3, -0.25) is 14.2 Å². The number of pyridine rings is 1. The lowest BCUT2D eigenvalue weighted by molar-refractivity contribution is -0.145. The van der Waals surface area contributed by atoms with Crippen LogP contribution in [-0.2, 0) is 9.53 Å². The van der Waals surface area contributed by atoms with Crippen molar-refractivity contribution in [2.24, 2.45) is 29.4 Å². The molecule has 192 valence electrons. The Hall–Kier alpha value is -3.14. The second kappa shape index (κ2) is 8.47. The van der Waals surface area contributed by atoms with Crippen LogP contribution in [0.2, 0.25) is 0 Å². The summed E-state index contributed by atoms with van der Waals surface area (Å²) in [6.07, 6.45) is 9.42. The number of nitrogens with two attached hydrogens (primary N) is 1. The molecular weight excluding hydrogens is 462 g/mol. The maximum absolute atomic E-state index is 13.2. The summed E-state index contributed by atoms with van der Waals surface area (Å²) in [5.41, 5.74) is 6.48. The first kappa shape index (κ1) is 23.3. The van der Waals surface area contributed by atoms with Crippen LogP contribution in [0.1, 0.15) is 55.3 Å². The van der Waals surface area contributed by atoms with Crippen LogP contribution in [0.3, 0.4) is 0 Å². The summed E-state index contributed by atoms with van der Waals surface area (Å²) >= 11 is 0. The first-order chi connectivity index (χ1) is 17.2. The lowest BCUT2D eigenvalue weighted by Gasteiger charge is -2.58. The van der Waals surface area contributed by atoms with E-state index < -0.39 is 11.5 Å². The molecule has 0 saturated heterocycles. The number of nitrogens with one attached hydrogen (secondary N) is 1.